The summed E-state index contributed by atoms with van der Waals surface area (Å²) in [5.41, 5.74) is -0.913. The van der Waals surface area contributed by atoms with Crippen LogP contribution in [0, 0.1) is 6.92 Å². The molecule has 1 aromatic heterocycles. The van der Waals surface area contributed by atoms with Crippen molar-refractivity contribution in [1.29, 1.82) is 0 Å². The van der Waals surface area contributed by atoms with E-state index >= 15 is 0 Å². The van der Waals surface area contributed by atoms with Gasteiger partial charge in [0, 0.05) is 32.7 Å². The van der Waals surface area contributed by atoms with Gasteiger partial charge < -0.3 is 18.9 Å². The predicted octanol–water partition coefficient (Wildman–Crippen LogP) is -0.748. The quantitative estimate of drug-likeness (QED) is 0.683. The van der Waals surface area contributed by atoms with E-state index in [-0.39, 0.29) is 6.61 Å². The summed E-state index contributed by atoms with van der Waals surface area (Å²) in [6.45, 7) is 3.81. The lowest BCUT2D eigenvalue weighted by Gasteiger charge is -2.23. The maximum atomic E-state index is 12.1. The molecule has 10 nitrogen and oxygen atoms in total. The Balaban J connectivity index is 2.39. The fourth-order valence-corrected chi connectivity index (χ4v) is 2.63. The Morgan fingerprint density at radius 2 is 1.92 bits per heavy atom. The molecule has 138 valence electrons. The van der Waals surface area contributed by atoms with E-state index in [0.29, 0.717) is 5.56 Å². The van der Waals surface area contributed by atoms with Crippen LogP contribution in [0.4, 0.5) is 0 Å². The number of carbonyl (C=O) groups excluding carboxylic acids is 2. The monoisotopic (exact) mass is 356 g/mol. The van der Waals surface area contributed by atoms with Gasteiger partial charge in [0.2, 0.25) is 0 Å². The summed E-state index contributed by atoms with van der Waals surface area (Å²) in [7, 11) is 1.37. The highest BCUT2D eigenvalue weighted by atomic mass is 16.6. The molecule has 0 aliphatic carbocycles. The number of hydrogen-bond donors (Lipinski definition) is 1. The fraction of sp³-hybridized carbons (Fsp3) is 0.600. The average Bonchev–Trinajstić information content (AvgIpc) is 2.85. The summed E-state index contributed by atoms with van der Waals surface area (Å²) in [4.78, 5) is 48.3. The third-order valence-corrected chi connectivity index (χ3v) is 3.73. The number of nitrogens with one attached hydrogen (secondary N) is 1. The summed E-state index contributed by atoms with van der Waals surface area (Å²) in [6, 6.07) is 0. The number of nitrogens with zero attached hydrogens (tertiary/aromatic N) is 1. The Kier molecular flexibility index (Phi) is 5.75. The number of carbonyl (C=O) groups is 2. The van der Waals surface area contributed by atoms with Crippen LogP contribution in [0.5, 0.6) is 0 Å². The zero-order valence-corrected chi connectivity index (χ0v) is 14.3. The van der Waals surface area contributed by atoms with E-state index in [2.05, 4.69) is 4.98 Å². The molecular formula is C15H20N2O8. The van der Waals surface area contributed by atoms with Crippen LogP contribution in [0.15, 0.2) is 15.8 Å². The Hall–Kier alpha value is -2.46. The van der Waals surface area contributed by atoms with Gasteiger partial charge in [-0.15, -0.1) is 0 Å². The first-order valence-electron chi connectivity index (χ1n) is 7.55. The molecule has 25 heavy (non-hydrogen) atoms. The Bertz CT molecular complexity index is 768. The predicted molar refractivity (Wildman–Crippen MR) is 83.0 cm³/mol. The summed E-state index contributed by atoms with van der Waals surface area (Å²) in [6.07, 6.45) is -2.21. The van der Waals surface area contributed by atoms with Crippen LogP contribution in [0.25, 0.3) is 0 Å². The third kappa shape index (κ3) is 4.15. The van der Waals surface area contributed by atoms with Crippen molar-refractivity contribution in [3.8, 4) is 0 Å². The van der Waals surface area contributed by atoms with Crippen molar-refractivity contribution < 1.29 is 28.5 Å². The van der Waals surface area contributed by atoms with Gasteiger partial charge in [-0.3, -0.25) is 23.9 Å². The van der Waals surface area contributed by atoms with Crippen LogP contribution in [0.1, 0.15) is 25.6 Å². The summed E-state index contributed by atoms with van der Waals surface area (Å²) >= 11 is 0. The second kappa shape index (κ2) is 7.62. The molecule has 2 rings (SSSR count). The highest BCUT2D eigenvalue weighted by Gasteiger charge is 2.49. The lowest BCUT2D eigenvalue weighted by molar-refractivity contribution is -0.157. The molecule has 4 atom stereocenters. The smallest absolute Gasteiger partial charge is 0.330 e. The standard InChI is InChI=1S/C15H20N2O8/c1-7-5-17(15(21)16-13(7)20)14-12(22-4)11(24-9(3)19)10(25-14)6-23-8(2)18/h5,10-12,14H,6H2,1-4H3,(H,16,20,21)/t10-,11-,12+,14+/m1/s1. The minimum atomic E-state index is -0.974. The van der Waals surface area contributed by atoms with E-state index in [9.17, 15) is 19.2 Å². The van der Waals surface area contributed by atoms with Crippen molar-refractivity contribution in [2.45, 2.75) is 45.3 Å². The number of methoxy groups -OCH3 is 1. The van der Waals surface area contributed by atoms with E-state index in [0.717, 1.165) is 4.57 Å². The van der Waals surface area contributed by atoms with E-state index in [1.807, 2.05) is 0 Å². The summed E-state index contributed by atoms with van der Waals surface area (Å²) in [5, 5.41) is 0. The molecule has 1 aliphatic heterocycles. The number of H-pyrrole nitrogens is 1. The number of esters is 2. The van der Waals surface area contributed by atoms with Crippen molar-refractivity contribution in [1.82, 2.24) is 9.55 Å². The molecule has 1 N–H and O–H groups in total. The minimum absolute atomic E-state index is 0.180. The molecule has 1 aliphatic rings. The van der Waals surface area contributed by atoms with Crippen molar-refractivity contribution in [2.24, 2.45) is 0 Å². The number of aromatic nitrogens is 2. The van der Waals surface area contributed by atoms with Gasteiger partial charge in [0.25, 0.3) is 5.56 Å². The summed E-state index contributed by atoms with van der Waals surface area (Å²) in [5.74, 6) is -1.10. The highest BCUT2D eigenvalue weighted by molar-refractivity contribution is 5.66. The van der Waals surface area contributed by atoms with Gasteiger partial charge in [0.15, 0.2) is 12.3 Å². The molecule has 1 aromatic rings. The molecule has 2 heterocycles. The SMILES string of the molecule is CO[C@H]1[C@H](OC(C)=O)[C@@H](COC(C)=O)O[C@@H]1n1cc(C)c(=O)[nH]c1=O. The van der Waals surface area contributed by atoms with Crippen LogP contribution in [0.2, 0.25) is 0 Å². The minimum Gasteiger partial charge on any atom is -0.463 e. The van der Waals surface area contributed by atoms with Gasteiger partial charge in [-0.05, 0) is 6.92 Å². The molecule has 0 spiro atoms. The Morgan fingerprint density at radius 3 is 2.48 bits per heavy atom. The van der Waals surface area contributed by atoms with Gasteiger partial charge in [-0.1, -0.05) is 0 Å². The largest absolute Gasteiger partial charge is 0.463 e. The molecule has 0 radical (unpaired) electrons. The Morgan fingerprint density at radius 1 is 1.24 bits per heavy atom. The van der Waals surface area contributed by atoms with Gasteiger partial charge in [-0.2, -0.15) is 0 Å². The molecule has 0 bridgehead atoms. The number of aromatic amines is 1. The van der Waals surface area contributed by atoms with E-state index in [1.165, 1.54) is 34.1 Å². The van der Waals surface area contributed by atoms with Crippen molar-refractivity contribution in [3.63, 3.8) is 0 Å². The lowest BCUT2D eigenvalue weighted by atomic mass is 10.1. The average molecular weight is 356 g/mol. The van der Waals surface area contributed by atoms with Crippen LogP contribution in [-0.2, 0) is 28.5 Å². The zero-order valence-electron chi connectivity index (χ0n) is 14.3. The molecule has 10 heteroatoms. The number of ether oxygens (including phenoxy) is 4. The van der Waals surface area contributed by atoms with Crippen LogP contribution < -0.4 is 11.2 Å². The summed E-state index contributed by atoms with van der Waals surface area (Å²) < 4.78 is 22.4. The van der Waals surface area contributed by atoms with E-state index < -0.39 is 47.7 Å². The maximum absolute atomic E-state index is 12.1. The van der Waals surface area contributed by atoms with E-state index in [1.54, 1.807) is 0 Å². The van der Waals surface area contributed by atoms with Gasteiger partial charge in [-0.25, -0.2) is 4.79 Å². The fourth-order valence-electron chi connectivity index (χ4n) is 2.63. The van der Waals surface area contributed by atoms with Crippen molar-refractivity contribution in [3.05, 3.63) is 32.6 Å². The number of rotatable bonds is 5. The normalized spacial score (nSPS) is 25.6. The van der Waals surface area contributed by atoms with Crippen LogP contribution in [0.3, 0.4) is 0 Å². The number of hydrogen-bond acceptors (Lipinski definition) is 8. The topological polar surface area (TPSA) is 126 Å². The van der Waals surface area contributed by atoms with Crippen molar-refractivity contribution in [2.75, 3.05) is 13.7 Å². The lowest BCUT2D eigenvalue weighted by Crippen LogP contribution is -2.41. The van der Waals surface area contributed by atoms with E-state index in [4.69, 9.17) is 18.9 Å². The Labute approximate surface area is 142 Å². The molecular weight excluding hydrogens is 336 g/mol. The molecule has 0 amide bonds. The zero-order chi connectivity index (χ0) is 18.7. The number of aryl methyl sites for hydroxylation is 1. The highest BCUT2D eigenvalue weighted by Crippen LogP contribution is 2.33. The first-order chi connectivity index (χ1) is 11.7. The third-order valence-electron chi connectivity index (χ3n) is 3.73. The first kappa shape index (κ1) is 18.9. The van der Waals surface area contributed by atoms with Gasteiger partial charge in [0.05, 0.1) is 0 Å². The maximum Gasteiger partial charge on any atom is 0.330 e. The van der Waals surface area contributed by atoms with Crippen LogP contribution in [-0.4, -0.2) is 53.5 Å². The van der Waals surface area contributed by atoms with Gasteiger partial charge in [0.1, 0.15) is 18.8 Å². The van der Waals surface area contributed by atoms with Crippen molar-refractivity contribution >= 4 is 11.9 Å². The molecule has 0 unspecified atom stereocenters. The molecule has 1 saturated heterocycles. The first-order valence-corrected chi connectivity index (χ1v) is 7.55. The van der Waals surface area contributed by atoms with Crippen LogP contribution >= 0.6 is 0 Å². The molecule has 1 fully saturated rings. The second-order valence-electron chi connectivity index (χ2n) is 5.62. The van der Waals surface area contributed by atoms with Gasteiger partial charge >= 0.3 is 17.6 Å². The second-order valence-corrected chi connectivity index (χ2v) is 5.62. The molecule has 0 saturated carbocycles. The molecule has 0 aromatic carbocycles.